The summed E-state index contributed by atoms with van der Waals surface area (Å²) >= 11 is 7.01. The lowest BCUT2D eigenvalue weighted by Gasteiger charge is -2.13. The highest BCUT2D eigenvalue weighted by molar-refractivity contribution is 8.00. The van der Waals surface area contributed by atoms with Crippen molar-refractivity contribution in [3.63, 3.8) is 0 Å². The van der Waals surface area contributed by atoms with Crippen LogP contribution in [0.3, 0.4) is 0 Å². The van der Waals surface area contributed by atoms with E-state index in [1.54, 1.807) is 24.3 Å². The van der Waals surface area contributed by atoms with Crippen molar-refractivity contribution in [3.05, 3.63) is 29.3 Å². The van der Waals surface area contributed by atoms with E-state index in [4.69, 9.17) is 11.6 Å². The maximum Gasteiger partial charge on any atom is 0.405 e. The Bertz CT molecular complexity index is 425. The van der Waals surface area contributed by atoms with Gasteiger partial charge in [0.25, 0.3) is 0 Å². The van der Waals surface area contributed by atoms with Gasteiger partial charge < -0.3 is 5.32 Å². The number of benzene rings is 1. The van der Waals surface area contributed by atoms with Crippen LogP contribution in [0.15, 0.2) is 29.2 Å². The van der Waals surface area contributed by atoms with Gasteiger partial charge >= 0.3 is 6.18 Å². The lowest BCUT2D eigenvalue weighted by Crippen LogP contribution is -2.37. The van der Waals surface area contributed by atoms with Crippen LogP contribution in [-0.2, 0) is 4.79 Å². The molecule has 7 heteroatoms. The molecule has 2 nitrogen and oxygen atoms in total. The molecule has 0 radical (unpaired) electrons. The van der Waals surface area contributed by atoms with Crippen LogP contribution in [0, 0.1) is 0 Å². The molecule has 0 aliphatic heterocycles. The molecule has 0 aliphatic carbocycles. The lowest BCUT2D eigenvalue weighted by atomic mass is 10.4. The predicted octanol–water partition coefficient (Wildman–Crippen LogP) is 3.50. The number of nitrogens with one attached hydrogen (secondary N) is 1. The summed E-state index contributed by atoms with van der Waals surface area (Å²) in [5.41, 5.74) is 0. The van der Waals surface area contributed by atoms with Crippen LogP contribution in [0.1, 0.15) is 6.92 Å². The Morgan fingerprint density at radius 3 is 2.61 bits per heavy atom. The number of amides is 1. The van der Waals surface area contributed by atoms with Crippen LogP contribution in [0.4, 0.5) is 13.2 Å². The molecule has 100 valence electrons. The van der Waals surface area contributed by atoms with E-state index in [0.29, 0.717) is 9.92 Å². The van der Waals surface area contributed by atoms with E-state index < -0.39 is 23.9 Å². The van der Waals surface area contributed by atoms with E-state index in [1.807, 2.05) is 5.32 Å². The molecule has 0 spiro atoms. The number of hydrogen-bond acceptors (Lipinski definition) is 2. The highest BCUT2D eigenvalue weighted by Gasteiger charge is 2.28. The number of hydrogen-bond donors (Lipinski definition) is 1. The first kappa shape index (κ1) is 15.2. The Kier molecular flexibility index (Phi) is 5.34. The minimum atomic E-state index is -4.40. The monoisotopic (exact) mass is 297 g/mol. The molecule has 1 aromatic carbocycles. The average molecular weight is 298 g/mol. The lowest BCUT2D eigenvalue weighted by molar-refractivity contribution is -0.137. The minimum Gasteiger partial charge on any atom is -0.346 e. The molecule has 18 heavy (non-hydrogen) atoms. The topological polar surface area (TPSA) is 29.1 Å². The van der Waals surface area contributed by atoms with E-state index >= 15 is 0 Å². The molecule has 0 heterocycles. The van der Waals surface area contributed by atoms with E-state index in [1.165, 1.54) is 6.92 Å². The highest BCUT2D eigenvalue weighted by Crippen LogP contribution is 2.30. The SMILES string of the molecule is CC(Sc1ccccc1Cl)C(=O)NCC(F)(F)F. The summed E-state index contributed by atoms with van der Waals surface area (Å²) in [6.45, 7) is 0.207. The van der Waals surface area contributed by atoms with Crippen LogP contribution in [0.25, 0.3) is 0 Å². The van der Waals surface area contributed by atoms with Gasteiger partial charge in [0.2, 0.25) is 5.91 Å². The van der Waals surface area contributed by atoms with Crippen LogP contribution >= 0.6 is 23.4 Å². The summed E-state index contributed by atoms with van der Waals surface area (Å²) < 4.78 is 35.8. The zero-order chi connectivity index (χ0) is 13.8. The molecule has 1 rings (SSSR count). The molecule has 0 bridgehead atoms. The zero-order valence-corrected chi connectivity index (χ0v) is 11.0. The second kappa shape index (κ2) is 6.33. The normalized spacial score (nSPS) is 13.2. The molecule has 0 aliphatic rings. The van der Waals surface area contributed by atoms with E-state index in [-0.39, 0.29) is 0 Å². The molecule has 1 aromatic rings. The first-order valence-electron chi connectivity index (χ1n) is 5.05. The molecular weight excluding hydrogens is 287 g/mol. The molecular formula is C11H11ClF3NOS. The Balaban J connectivity index is 2.53. The van der Waals surface area contributed by atoms with Crippen LogP contribution in [-0.4, -0.2) is 23.9 Å². The van der Waals surface area contributed by atoms with Crippen molar-refractivity contribution in [3.8, 4) is 0 Å². The Labute approximate surface area is 112 Å². The fourth-order valence-electron chi connectivity index (χ4n) is 1.12. The smallest absolute Gasteiger partial charge is 0.346 e. The first-order chi connectivity index (χ1) is 8.29. The summed E-state index contributed by atoms with van der Waals surface area (Å²) in [6.07, 6.45) is -4.40. The van der Waals surface area contributed by atoms with Crippen LogP contribution in [0.2, 0.25) is 5.02 Å². The van der Waals surface area contributed by atoms with Gasteiger partial charge in [0, 0.05) is 4.90 Å². The maximum absolute atomic E-state index is 11.9. The van der Waals surface area contributed by atoms with Crippen molar-refractivity contribution in [1.82, 2.24) is 5.32 Å². The van der Waals surface area contributed by atoms with Gasteiger partial charge in [-0.2, -0.15) is 13.2 Å². The zero-order valence-electron chi connectivity index (χ0n) is 9.42. The third-order valence-electron chi connectivity index (χ3n) is 1.97. The molecule has 1 atom stereocenters. The minimum absolute atomic E-state index is 0.470. The fourth-order valence-corrected chi connectivity index (χ4v) is 2.29. The number of halogens is 4. The Morgan fingerprint density at radius 1 is 1.44 bits per heavy atom. The number of carbonyl (C=O) groups excluding carboxylic acids is 1. The Morgan fingerprint density at radius 2 is 2.06 bits per heavy atom. The van der Waals surface area contributed by atoms with Gasteiger partial charge in [0.15, 0.2) is 0 Å². The first-order valence-corrected chi connectivity index (χ1v) is 6.31. The number of alkyl halides is 3. The van der Waals surface area contributed by atoms with Gasteiger partial charge in [-0.15, -0.1) is 11.8 Å². The van der Waals surface area contributed by atoms with Crippen LogP contribution in [0.5, 0.6) is 0 Å². The van der Waals surface area contributed by atoms with Crippen molar-refractivity contribution >= 4 is 29.3 Å². The Hall–Kier alpha value is -0.880. The van der Waals surface area contributed by atoms with Gasteiger partial charge in [0.1, 0.15) is 6.54 Å². The van der Waals surface area contributed by atoms with E-state index in [0.717, 1.165) is 11.8 Å². The average Bonchev–Trinajstić information content (AvgIpc) is 2.28. The van der Waals surface area contributed by atoms with Gasteiger partial charge in [-0.25, -0.2) is 0 Å². The van der Waals surface area contributed by atoms with Crippen molar-refractivity contribution in [2.24, 2.45) is 0 Å². The molecule has 1 unspecified atom stereocenters. The number of rotatable bonds is 4. The van der Waals surface area contributed by atoms with Gasteiger partial charge in [-0.05, 0) is 19.1 Å². The quantitative estimate of drug-likeness (QED) is 0.862. The predicted molar refractivity (Wildman–Crippen MR) is 65.8 cm³/mol. The van der Waals surface area contributed by atoms with Crippen molar-refractivity contribution in [2.45, 2.75) is 23.2 Å². The third kappa shape index (κ3) is 5.18. The summed E-state index contributed by atoms with van der Waals surface area (Å²) in [4.78, 5) is 12.1. The van der Waals surface area contributed by atoms with E-state index in [9.17, 15) is 18.0 Å². The number of carbonyl (C=O) groups is 1. The van der Waals surface area contributed by atoms with Crippen molar-refractivity contribution in [2.75, 3.05) is 6.54 Å². The molecule has 0 saturated carbocycles. The van der Waals surface area contributed by atoms with Crippen molar-refractivity contribution < 1.29 is 18.0 Å². The highest BCUT2D eigenvalue weighted by atomic mass is 35.5. The molecule has 1 N–H and O–H groups in total. The summed E-state index contributed by atoms with van der Waals surface area (Å²) in [7, 11) is 0. The summed E-state index contributed by atoms with van der Waals surface area (Å²) in [6, 6.07) is 6.85. The van der Waals surface area contributed by atoms with Gasteiger partial charge in [-0.3, -0.25) is 4.79 Å². The number of thioether (sulfide) groups is 1. The second-order valence-corrected chi connectivity index (χ2v) is 5.31. The molecule has 1 amide bonds. The molecule has 0 saturated heterocycles. The summed E-state index contributed by atoms with van der Waals surface area (Å²) in [5, 5.41) is 1.66. The third-order valence-corrected chi connectivity index (χ3v) is 3.59. The summed E-state index contributed by atoms with van der Waals surface area (Å²) in [5.74, 6) is -0.669. The van der Waals surface area contributed by atoms with Gasteiger partial charge in [-0.1, -0.05) is 23.7 Å². The second-order valence-electron chi connectivity index (χ2n) is 3.52. The maximum atomic E-state index is 11.9. The standard InChI is InChI=1S/C11H11ClF3NOS/c1-7(10(17)16-6-11(13,14)15)18-9-5-3-2-4-8(9)12/h2-5,7H,6H2,1H3,(H,16,17). The van der Waals surface area contributed by atoms with Gasteiger partial charge in [0.05, 0.1) is 10.3 Å². The fraction of sp³-hybridized carbons (Fsp3) is 0.364. The molecule has 0 aromatic heterocycles. The van der Waals surface area contributed by atoms with Crippen LogP contribution < -0.4 is 5.32 Å². The van der Waals surface area contributed by atoms with Crippen molar-refractivity contribution in [1.29, 1.82) is 0 Å². The largest absolute Gasteiger partial charge is 0.405 e. The molecule has 0 fully saturated rings. The van der Waals surface area contributed by atoms with E-state index in [2.05, 4.69) is 0 Å².